The van der Waals surface area contributed by atoms with Crippen LogP contribution in [0.25, 0.3) is 5.70 Å². The number of aryl methyl sites for hydroxylation is 1. The van der Waals surface area contributed by atoms with E-state index in [1.165, 1.54) is 11.1 Å². The van der Waals surface area contributed by atoms with E-state index in [4.69, 9.17) is 4.99 Å². The van der Waals surface area contributed by atoms with E-state index in [1.807, 2.05) is 12.3 Å². The summed E-state index contributed by atoms with van der Waals surface area (Å²) in [5, 5.41) is 0. The number of nitrogens with zero attached hydrogens (tertiary/aromatic N) is 2. The number of aliphatic imine (C=N–C) groups is 1. The molecule has 1 aliphatic rings. The minimum Gasteiger partial charge on any atom is -0.348 e. The molecular weight excluding hydrogens is 258 g/mol. The lowest BCUT2D eigenvalue weighted by Crippen LogP contribution is -2.31. The molecule has 1 aromatic heterocycles. The summed E-state index contributed by atoms with van der Waals surface area (Å²) in [5.74, 6) is 2.06. The molecule has 2 heterocycles. The van der Waals surface area contributed by atoms with Gasteiger partial charge in [-0.1, -0.05) is 39.0 Å². The van der Waals surface area contributed by atoms with Gasteiger partial charge in [-0.05, 0) is 30.2 Å². The lowest BCUT2D eigenvalue weighted by Gasteiger charge is -2.32. The third kappa shape index (κ3) is 2.29. The molecule has 108 valence electrons. The molecule has 1 aliphatic heterocycles. The molecule has 21 heavy (non-hydrogen) atoms. The molecule has 3 rings (SSSR count). The molecule has 0 saturated heterocycles. The molecule has 0 fully saturated rings. The standard InChI is InChI=1S/C18H21N3/c1-4-8-14-9-6-10-15-18(14)13(3)21(16(5-2)20-15)17-11-7-12-19-17/h6-7,9-12,19H,3-5,8H2,1-2H3. The Kier molecular flexibility index (Phi) is 3.65. The summed E-state index contributed by atoms with van der Waals surface area (Å²) in [5.41, 5.74) is 4.58. The molecule has 0 radical (unpaired) electrons. The lowest BCUT2D eigenvalue weighted by atomic mass is 9.97. The second-order valence-electron chi connectivity index (χ2n) is 5.28. The van der Waals surface area contributed by atoms with Gasteiger partial charge in [0.25, 0.3) is 0 Å². The number of fused-ring (bicyclic) bond motifs is 1. The second kappa shape index (κ2) is 5.60. The van der Waals surface area contributed by atoms with Crippen LogP contribution >= 0.6 is 0 Å². The first-order valence-electron chi connectivity index (χ1n) is 7.58. The Hall–Kier alpha value is -2.29. The van der Waals surface area contributed by atoms with E-state index >= 15 is 0 Å². The zero-order valence-electron chi connectivity index (χ0n) is 12.7. The maximum Gasteiger partial charge on any atom is 0.115 e. The molecule has 3 nitrogen and oxygen atoms in total. The molecule has 0 unspecified atom stereocenters. The molecule has 3 heteroatoms. The van der Waals surface area contributed by atoms with E-state index in [-0.39, 0.29) is 0 Å². The lowest BCUT2D eigenvalue weighted by molar-refractivity contribution is 0.916. The van der Waals surface area contributed by atoms with E-state index in [1.54, 1.807) is 0 Å². The minimum atomic E-state index is 0.871. The largest absolute Gasteiger partial charge is 0.348 e. The van der Waals surface area contributed by atoms with Crippen molar-refractivity contribution in [1.29, 1.82) is 0 Å². The molecular formula is C18H21N3. The van der Waals surface area contributed by atoms with Crippen molar-refractivity contribution in [3.63, 3.8) is 0 Å². The SMILES string of the molecule is C=C1c2c(CCC)cccc2N=C(CC)N1c1ccc[nH]1. The minimum absolute atomic E-state index is 0.871. The molecule has 1 N–H and O–H groups in total. The summed E-state index contributed by atoms with van der Waals surface area (Å²) >= 11 is 0. The number of benzene rings is 1. The Morgan fingerprint density at radius 2 is 2.05 bits per heavy atom. The number of rotatable bonds is 4. The number of aromatic amines is 1. The predicted octanol–water partition coefficient (Wildman–Crippen LogP) is 4.90. The number of H-pyrrole nitrogens is 1. The Balaban J connectivity index is 2.15. The summed E-state index contributed by atoms with van der Waals surface area (Å²) in [4.78, 5) is 10.3. The van der Waals surface area contributed by atoms with Gasteiger partial charge in [0.05, 0.1) is 11.4 Å². The number of hydrogen-bond donors (Lipinski definition) is 1. The van der Waals surface area contributed by atoms with Gasteiger partial charge in [-0.25, -0.2) is 4.99 Å². The van der Waals surface area contributed by atoms with Crippen LogP contribution in [-0.4, -0.2) is 10.8 Å². The molecule has 0 aliphatic carbocycles. The van der Waals surface area contributed by atoms with Crippen LogP contribution < -0.4 is 4.90 Å². The summed E-state index contributed by atoms with van der Waals surface area (Å²) in [6.45, 7) is 8.69. The van der Waals surface area contributed by atoms with E-state index < -0.39 is 0 Å². The van der Waals surface area contributed by atoms with Gasteiger partial charge in [-0.15, -0.1) is 0 Å². The van der Waals surface area contributed by atoms with Crippen LogP contribution in [0.4, 0.5) is 11.5 Å². The van der Waals surface area contributed by atoms with Gasteiger partial charge in [0, 0.05) is 18.2 Å². The molecule has 1 aromatic carbocycles. The van der Waals surface area contributed by atoms with Gasteiger partial charge < -0.3 is 4.98 Å². The topological polar surface area (TPSA) is 31.4 Å². The summed E-state index contributed by atoms with van der Waals surface area (Å²) < 4.78 is 0. The second-order valence-corrected chi connectivity index (χ2v) is 5.28. The fourth-order valence-electron chi connectivity index (χ4n) is 2.93. The van der Waals surface area contributed by atoms with Gasteiger partial charge in [0.2, 0.25) is 0 Å². The first-order chi connectivity index (χ1) is 10.3. The van der Waals surface area contributed by atoms with Crippen molar-refractivity contribution in [2.75, 3.05) is 4.90 Å². The third-order valence-corrected chi connectivity index (χ3v) is 3.85. The van der Waals surface area contributed by atoms with Gasteiger partial charge in [0.1, 0.15) is 11.7 Å². The molecule has 0 atom stereocenters. The zero-order chi connectivity index (χ0) is 14.8. The first kappa shape index (κ1) is 13.7. The average molecular weight is 279 g/mol. The molecule has 0 amide bonds. The van der Waals surface area contributed by atoms with E-state index in [9.17, 15) is 0 Å². The van der Waals surface area contributed by atoms with Crippen LogP contribution in [0.3, 0.4) is 0 Å². The fourth-order valence-corrected chi connectivity index (χ4v) is 2.93. The van der Waals surface area contributed by atoms with Crippen molar-refractivity contribution >= 4 is 23.0 Å². The molecule has 0 bridgehead atoms. The van der Waals surface area contributed by atoms with Crippen LogP contribution in [0.1, 0.15) is 37.8 Å². The third-order valence-electron chi connectivity index (χ3n) is 3.85. The smallest absolute Gasteiger partial charge is 0.115 e. The summed E-state index contributed by atoms with van der Waals surface area (Å²) in [7, 11) is 0. The van der Waals surface area contributed by atoms with Crippen LogP contribution in [0.2, 0.25) is 0 Å². The van der Waals surface area contributed by atoms with Crippen molar-refractivity contribution in [3.05, 3.63) is 54.2 Å². The number of hydrogen-bond acceptors (Lipinski definition) is 2. The Bertz CT molecular complexity index is 680. The van der Waals surface area contributed by atoms with Gasteiger partial charge in [-0.3, -0.25) is 4.90 Å². The van der Waals surface area contributed by atoms with E-state index in [0.29, 0.717) is 0 Å². The maximum atomic E-state index is 4.86. The van der Waals surface area contributed by atoms with Crippen molar-refractivity contribution in [2.24, 2.45) is 4.99 Å². The number of anilines is 1. The average Bonchev–Trinajstić information content (AvgIpc) is 3.01. The highest BCUT2D eigenvalue weighted by Crippen LogP contribution is 2.38. The van der Waals surface area contributed by atoms with Crippen molar-refractivity contribution < 1.29 is 0 Å². The first-order valence-corrected chi connectivity index (χ1v) is 7.58. The highest BCUT2D eigenvalue weighted by atomic mass is 15.3. The van der Waals surface area contributed by atoms with Crippen LogP contribution in [-0.2, 0) is 6.42 Å². The number of aromatic nitrogens is 1. The van der Waals surface area contributed by atoms with Crippen molar-refractivity contribution in [2.45, 2.75) is 33.1 Å². The van der Waals surface area contributed by atoms with Gasteiger partial charge in [-0.2, -0.15) is 0 Å². The van der Waals surface area contributed by atoms with E-state index in [2.05, 4.69) is 54.6 Å². The Morgan fingerprint density at radius 3 is 2.71 bits per heavy atom. The number of amidine groups is 1. The highest BCUT2D eigenvalue weighted by molar-refractivity contribution is 6.12. The monoisotopic (exact) mass is 279 g/mol. The van der Waals surface area contributed by atoms with Gasteiger partial charge in [0.15, 0.2) is 0 Å². The Labute approximate surface area is 126 Å². The fraction of sp³-hybridized carbons (Fsp3) is 0.278. The Morgan fingerprint density at radius 1 is 1.19 bits per heavy atom. The van der Waals surface area contributed by atoms with Crippen LogP contribution in [0.5, 0.6) is 0 Å². The maximum absolute atomic E-state index is 4.86. The summed E-state index contributed by atoms with van der Waals surface area (Å²) in [6, 6.07) is 10.4. The highest BCUT2D eigenvalue weighted by Gasteiger charge is 2.26. The molecule has 0 saturated carbocycles. The van der Waals surface area contributed by atoms with Crippen LogP contribution in [0.15, 0.2) is 48.1 Å². The van der Waals surface area contributed by atoms with E-state index in [0.717, 1.165) is 42.3 Å². The zero-order valence-corrected chi connectivity index (χ0v) is 12.7. The number of nitrogens with one attached hydrogen (secondary N) is 1. The molecule has 2 aromatic rings. The summed E-state index contributed by atoms with van der Waals surface area (Å²) in [6.07, 6.45) is 4.98. The molecule has 0 spiro atoms. The van der Waals surface area contributed by atoms with Crippen LogP contribution in [0, 0.1) is 0 Å². The van der Waals surface area contributed by atoms with Gasteiger partial charge >= 0.3 is 0 Å². The normalized spacial score (nSPS) is 14.1. The van der Waals surface area contributed by atoms with Crippen molar-refractivity contribution in [3.8, 4) is 0 Å². The predicted molar refractivity (Wildman–Crippen MR) is 90.1 cm³/mol. The quantitative estimate of drug-likeness (QED) is 0.848. The van der Waals surface area contributed by atoms with Crippen molar-refractivity contribution in [1.82, 2.24) is 4.98 Å².